The minimum atomic E-state index is -4.44. The van der Waals surface area contributed by atoms with Gasteiger partial charge in [0.25, 0.3) is 0 Å². The molecule has 0 aliphatic heterocycles. The van der Waals surface area contributed by atoms with Gasteiger partial charge in [-0.05, 0) is 24.3 Å². The Kier molecular flexibility index (Phi) is 3.42. The topological polar surface area (TPSA) is 42.4 Å². The second-order valence-electron chi connectivity index (χ2n) is 4.26. The fraction of sp³-hybridized carbons (Fsp3) is 0.231. The number of benzene rings is 1. The van der Waals surface area contributed by atoms with Crippen LogP contribution in [0.5, 0.6) is 0 Å². The first-order chi connectivity index (χ1) is 8.88. The highest BCUT2D eigenvalue weighted by Crippen LogP contribution is 2.37. The number of hydrogen-bond acceptors (Lipinski definition) is 3. The number of nitrogens with two attached hydrogens (primary N) is 1. The molecule has 2 N–H and O–H groups in total. The van der Waals surface area contributed by atoms with Crippen LogP contribution < -0.4 is 10.6 Å². The molecule has 0 saturated carbocycles. The van der Waals surface area contributed by atoms with Gasteiger partial charge >= 0.3 is 6.18 Å². The van der Waals surface area contributed by atoms with E-state index in [0.717, 1.165) is 11.6 Å². The number of rotatable bonds is 3. The predicted octanol–water partition coefficient (Wildman–Crippen LogP) is 3.52. The zero-order chi connectivity index (χ0) is 14.0. The fourth-order valence-corrected chi connectivity index (χ4v) is 1.86. The van der Waals surface area contributed by atoms with Crippen molar-refractivity contribution in [2.45, 2.75) is 12.7 Å². The summed E-state index contributed by atoms with van der Waals surface area (Å²) in [5.41, 5.74) is 5.66. The summed E-state index contributed by atoms with van der Waals surface area (Å²) in [5, 5.41) is 0. The summed E-state index contributed by atoms with van der Waals surface area (Å²) in [5.74, 6) is 0. The van der Waals surface area contributed by atoms with Crippen LogP contribution in [0, 0.1) is 0 Å². The van der Waals surface area contributed by atoms with Gasteiger partial charge in [-0.3, -0.25) is 0 Å². The van der Waals surface area contributed by atoms with Crippen LogP contribution in [0.15, 0.2) is 41.2 Å². The Labute approximate surface area is 108 Å². The third kappa shape index (κ3) is 3.01. The van der Waals surface area contributed by atoms with Crippen molar-refractivity contribution < 1.29 is 17.6 Å². The molecule has 3 nitrogen and oxygen atoms in total. The summed E-state index contributed by atoms with van der Waals surface area (Å²) >= 11 is 0. The lowest BCUT2D eigenvalue weighted by Crippen LogP contribution is -2.20. The number of nitrogens with zero attached hydrogens (tertiary/aromatic N) is 1. The molecule has 2 rings (SSSR count). The maximum Gasteiger partial charge on any atom is 0.418 e. The normalized spacial score (nSPS) is 11.6. The van der Waals surface area contributed by atoms with E-state index in [-0.39, 0.29) is 11.4 Å². The van der Waals surface area contributed by atoms with Crippen LogP contribution in [-0.2, 0) is 12.7 Å². The molecular weight excluding hydrogens is 257 g/mol. The Hall–Kier alpha value is -2.11. The average Bonchev–Trinajstić information content (AvgIpc) is 2.80. The molecular formula is C13H13F3N2O. The molecule has 0 atom stereocenters. The molecule has 1 aromatic carbocycles. The molecule has 0 fully saturated rings. The zero-order valence-electron chi connectivity index (χ0n) is 10.2. The highest BCUT2D eigenvalue weighted by atomic mass is 19.4. The maximum absolute atomic E-state index is 13.0. The van der Waals surface area contributed by atoms with E-state index in [9.17, 15) is 13.2 Å². The molecule has 6 heteroatoms. The van der Waals surface area contributed by atoms with Gasteiger partial charge in [-0.2, -0.15) is 13.2 Å². The highest BCUT2D eigenvalue weighted by Gasteiger charge is 2.34. The first-order valence-electron chi connectivity index (χ1n) is 5.57. The summed E-state index contributed by atoms with van der Waals surface area (Å²) in [7, 11) is 1.59. The van der Waals surface area contributed by atoms with E-state index in [4.69, 9.17) is 10.2 Å². The van der Waals surface area contributed by atoms with Crippen LogP contribution in [0.1, 0.15) is 11.1 Å². The number of nitrogen functional groups attached to an aromatic ring is 1. The molecule has 0 amide bonds. The summed E-state index contributed by atoms with van der Waals surface area (Å²) in [6.45, 7) is 0.323. The van der Waals surface area contributed by atoms with Gasteiger partial charge in [0, 0.05) is 30.5 Å². The Morgan fingerprint density at radius 2 is 2.00 bits per heavy atom. The van der Waals surface area contributed by atoms with Gasteiger partial charge in [-0.1, -0.05) is 0 Å². The SMILES string of the molecule is CN(Cc1ccoc1)c1ccc(N)cc1C(F)(F)F. The van der Waals surface area contributed by atoms with Crippen LogP contribution in [0.2, 0.25) is 0 Å². The number of anilines is 2. The van der Waals surface area contributed by atoms with Crippen LogP contribution in [0.3, 0.4) is 0 Å². The van der Waals surface area contributed by atoms with Crippen molar-refractivity contribution in [1.82, 2.24) is 0 Å². The Balaban J connectivity index is 2.33. The maximum atomic E-state index is 13.0. The van der Waals surface area contributed by atoms with E-state index in [0.29, 0.717) is 6.54 Å². The zero-order valence-corrected chi connectivity index (χ0v) is 10.2. The van der Waals surface area contributed by atoms with E-state index in [1.807, 2.05) is 0 Å². The molecule has 1 aromatic heterocycles. The van der Waals surface area contributed by atoms with Crippen molar-refractivity contribution in [2.24, 2.45) is 0 Å². The molecule has 0 saturated heterocycles. The highest BCUT2D eigenvalue weighted by molar-refractivity contribution is 5.60. The average molecular weight is 270 g/mol. The van der Waals surface area contributed by atoms with Crippen molar-refractivity contribution in [3.05, 3.63) is 47.9 Å². The Morgan fingerprint density at radius 1 is 1.26 bits per heavy atom. The largest absolute Gasteiger partial charge is 0.472 e. The molecule has 102 valence electrons. The predicted molar refractivity (Wildman–Crippen MR) is 66.7 cm³/mol. The third-order valence-corrected chi connectivity index (χ3v) is 2.74. The number of furan rings is 1. The molecule has 0 spiro atoms. The minimum Gasteiger partial charge on any atom is -0.472 e. The van der Waals surface area contributed by atoms with Crippen molar-refractivity contribution in [2.75, 3.05) is 17.7 Å². The van der Waals surface area contributed by atoms with Crippen molar-refractivity contribution in [1.29, 1.82) is 0 Å². The summed E-state index contributed by atoms with van der Waals surface area (Å²) in [6, 6.07) is 5.48. The van der Waals surface area contributed by atoms with Crippen LogP contribution in [0.25, 0.3) is 0 Å². The van der Waals surface area contributed by atoms with Gasteiger partial charge < -0.3 is 15.1 Å². The van der Waals surface area contributed by atoms with Gasteiger partial charge in [0.15, 0.2) is 0 Å². The third-order valence-electron chi connectivity index (χ3n) is 2.74. The van der Waals surface area contributed by atoms with E-state index in [2.05, 4.69) is 0 Å². The van der Waals surface area contributed by atoms with Crippen LogP contribution in [-0.4, -0.2) is 7.05 Å². The van der Waals surface area contributed by atoms with Gasteiger partial charge in [0.1, 0.15) is 0 Å². The quantitative estimate of drug-likeness (QED) is 0.868. The Morgan fingerprint density at radius 3 is 2.58 bits per heavy atom. The monoisotopic (exact) mass is 270 g/mol. The van der Waals surface area contributed by atoms with Gasteiger partial charge in [-0.25, -0.2) is 0 Å². The summed E-state index contributed by atoms with van der Waals surface area (Å²) in [6.07, 6.45) is -1.45. The minimum absolute atomic E-state index is 0.0860. The number of alkyl halides is 3. The van der Waals surface area contributed by atoms with E-state index < -0.39 is 11.7 Å². The molecule has 2 aromatic rings. The first-order valence-corrected chi connectivity index (χ1v) is 5.57. The van der Waals surface area contributed by atoms with Crippen molar-refractivity contribution in [3.8, 4) is 0 Å². The lowest BCUT2D eigenvalue weighted by atomic mass is 10.1. The van der Waals surface area contributed by atoms with Gasteiger partial charge in [0.2, 0.25) is 0 Å². The standard InChI is InChI=1S/C13H13F3N2O/c1-18(7-9-4-5-19-8-9)12-3-2-10(17)6-11(12)13(14,15)16/h2-6,8H,7,17H2,1H3. The van der Waals surface area contributed by atoms with Crippen LogP contribution >= 0.6 is 0 Å². The molecule has 0 radical (unpaired) electrons. The molecule has 0 aliphatic rings. The summed E-state index contributed by atoms with van der Waals surface area (Å²) < 4.78 is 43.8. The smallest absolute Gasteiger partial charge is 0.418 e. The second kappa shape index (κ2) is 4.87. The lowest BCUT2D eigenvalue weighted by Gasteiger charge is -2.23. The molecule has 0 bridgehead atoms. The summed E-state index contributed by atoms with van der Waals surface area (Å²) in [4.78, 5) is 1.51. The molecule has 0 aliphatic carbocycles. The molecule has 19 heavy (non-hydrogen) atoms. The van der Waals surface area contributed by atoms with Gasteiger partial charge in [0.05, 0.1) is 18.1 Å². The van der Waals surface area contributed by atoms with Crippen molar-refractivity contribution >= 4 is 11.4 Å². The van der Waals surface area contributed by atoms with E-state index in [1.54, 1.807) is 13.1 Å². The van der Waals surface area contributed by atoms with Crippen molar-refractivity contribution in [3.63, 3.8) is 0 Å². The van der Waals surface area contributed by atoms with Gasteiger partial charge in [-0.15, -0.1) is 0 Å². The molecule has 0 unspecified atom stereocenters. The van der Waals surface area contributed by atoms with Crippen LogP contribution in [0.4, 0.5) is 24.5 Å². The van der Waals surface area contributed by atoms with E-state index in [1.165, 1.54) is 29.6 Å². The number of hydrogen-bond donors (Lipinski definition) is 1. The fourth-order valence-electron chi connectivity index (χ4n) is 1.86. The Bertz CT molecular complexity index is 550. The lowest BCUT2D eigenvalue weighted by molar-refractivity contribution is -0.137. The molecule has 1 heterocycles. The first kappa shape index (κ1) is 13.3. The number of halogens is 3. The second-order valence-corrected chi connectivity index (χ2v) is 4.26. The van der Waals surface area contributed by atoms with E-state index >= 15 is 0 Å².